The first-order chi connectivity index (χ1) is 9.49. The molecule has 0 spiro atoms. The highest BCUT2D eigenvalue weighted by molar-refractivity contribution is 5.78. The van der Waals surface area contributed by atoms with E-state index < -0.39 is 0 Å². The molecule has 0 aromatic rings. The predicted octanol–water partition coefficient (Wildman–Crippen LogP) is 3.05. The molecule has 0 aromatic heterocycles. The van der Waals surface area contributed by atoms with E-state index in [1.54, 1.807) is 0 Å². The Morgan fingerprint density at radius 3 is 2.30 bits per heavy atom. The van der Waals surface area contributed by atoms with Crippen molar-refractivity contribution in [3.05, 3.63) is 0 Å². The summed E-state index contributed by atoms with van der Waals surface area (Å²) in [5, 5.41) is 3.30. The molecule has 3 heteroatoms. The Labute approximate surface area is 124 Å². The zero-order valence-electron chi connectivity index (χ0n) is 13.7. The monoisotopic (exact) mass is 280 g/mol. The van der Waals surface area contributed by atoms with Gasteiger partial charge in [0.2, 0.25) is 5.91 Å². The highest BCUT2D eigenvalue weighted by atomic mass is 16.1. The fourth-order valence-corrected chi connectivity index (χ4v) is 3.87. The molecular formula is C17H32N2O. The van der Waals surface area contributed by atoms with Crippen molar-refractivity contribution in [2.24, 2.45) is 17.8 Å². The molecule has 0 radical (unpaired) electrons. The third kappa shape index (κ3) is 3.75. The second-order valence-electron chi connectivity index (χ2n) is 7.42. The Morgan fingerprint density at radius 2 is 1.75 bits per heavy atom. The molecule has 1 amide bonds. The van der Waals surface area contributed by atoms with Crippen molar-refractivity contribution in [2.75, 3.05) is 13.1 Å². The average molecular weight is 280 g/mol. The molecule has 20 heavy (non-hydrogen) atoms. The third-order valence-electron chi connectivity index (χ3n) is 5.16. The maximum absolute atomic E-state index is 12.0. The van der Waals surface area contributed by atoms with Crippen molar-refractivity contribution in [3.8, 4) is 0 Å². The Bertz CT molecular complexity index is 321. The Hall–Kier alpha value is -0.570. The molecule has 1 saturated heterocycles. The molecule has 2 rings (SSSR count). The number of hydrogen-bond acceptors (Lipinski definition) is 2. The minimum Gasteiger partial charge on any atom is -0.353 e. The lowest BCUT2D eigenvalue weighted by Crippen LogP contribution is -2.46. The number of carbonyl (C=O) groups is 1. The summed E-state index contributed by atoms with van der Waals surface area (Å²) in [7, 11) is 0. The van der Waals surface area contributed by atoms with E-state index in [-0.39, 0.29) is 11.8 Å². The SMILES string of the molecule is CC(C)C(=O)N[C@H](C(C)C)[C@H]1CCN(C2CCCC2)C1. The number of likely N-dealkylation sites (tertiary alicyclic amines) is 1. The van der Waals surface area contributed by atoms with Crippen LogP contribution in [0.2, 0.25) is 0 Å². The molecule has 116 valence electrons. The fourth-order valence-electron chi connectivity index (χ4n) is 3.87. The molecule has 1 aliphatic carbocycles. The van der Waals surface area contributed by atoms with Crippen LogP contribution in [0.5, 0.6) is 0 Å². The van der Waals surface area contributed by atoms with Crippen LogP contribution in [-0.4, -0.2) is 36.0 Å². The molecule has 2 atom stereocenters. The van der Waals surface area contributed by atoms with E-state index in [4.69, 9.17) is 0 Å². The Kier molecular flexibility index (Phi) is 5.48. The molecule has 0 bridgehead atoms. The Morgan fingerprint density at radius 1 is 1.10 bits per heavy atom. The molecule has 1 aliphatic heterocycles. The first kappa shape index (κ1) is 15.8. The number of nitrogens with one attached hydrogen (secondary N) is 1. The summed E-state index contributed by atoms with van der Waals surface area (Å²) in [6, 6.07) is 1.17. The second kappa shape index (κ2) is 6.93. The van der Waals surface area contributed by atoms with Gasteiger partial charge in [-0.1, -0.05) is 40.5 Å². The summed E-state index contributed by atoms with van der Waals surface area (Å²) in [6.45, 7) is 10.9. The van der Waals surface area contributed by atoms with Gasteiger partial charge in [0.25, 0.3) is 0 Å². The van der Waals surface area contributed by atoms with E-state index in [1.165, 1.54) is 45.2 Å². The van der Waals surface area contributed by atoms with Crippen molar-refractivity contribution in [2.45, 2.75) is 71.9 Å². The van der Waals surface area contributed by atoms with Crippen LogP contribution in [0.25, 0.3) is 0 Å². The van der Waals surface area contributed by atoms with Gasteiger partial charge in [-0.25, -0.2) is 0 Å². The summed E-state index contributed by atoms with van der Waals surface area (Å²) in [5.41, 5.74) is 0. The van der Waals surface area contributed by atoms with E-state index in [1.807, 2.05) is 13.8 Å². The Balaban J connectivity index is 1.91. The van der Waals surface area contributed by atoms with E-state index in [9.17, 15) is 4.79 Å². The van der Waals surface area contributed by atoms with Crippen LogP contribution in [0.15, 0.2) is 0 Å². The standard InChI is InChI=1S/C17H32N2O/c1-12(2)16(18-17(20)13(3)4)14-9-10-19(11-14)15-7-5-6-8-15/h12-16H,5-11H2,1-4H3,(H,18,20)/t14-,16+/m0/s1. The smallest absolute Gasteiger partial charge is 0.222 e. The van der Waals surface area contributed by atoms with Crippen LogP contribution >= 0.6 is 0 Å². The summed E-state index contributed by atoms with van der Waals surface area (Å²) >= 11 is 0. The largest absolute Gasteiger partial charge is 0.353 e. The van der Waals surface area contributed by atoms with E-state index in [2.05, 4.69) is 24.1 Å². The van der Waals surface area contributed by atoms with Crippen LogP contribution in [0.1, 0.15) is 59.8 Å². The van der Waals surface area contributed by atoms with Crippen molar-refractivity contribution >= 4 is 5.91 Å². The van der Waals surface area contributed by atoms with Gasteiger partial charge in [0, 0.05) is 24.5 Å². The number of hydrogen-bond donors (Lipinski definition) is 1. The van der Waals surface area contributed by atoms with Crippen molar-refractivity contribution in [1.82, 2.24) is 10.2 Å². The average Bonchev–Trinajstić information content (AvgIpc) is 3.05. The van der Waals surface area contributed by atoms with Crippen molar-refractivity contribution < 1.29 is 4.79 Å². The molecule has 0 unspecified atom stereocenters. The van der Waals surface area contributed by atoms with Crippen LogP contribution in [0.4, 0.5) is 0 Å². The molecule has 3 nitrogen and oxygen atoms in total. The zero-order chi connectivity index (χ0) is 14.7. The first-order valence-corrected chi connectivity index (χ1v) is 8.53. The highest BCUT2D eigenvalue weighted by Gasteiger charge is 2.35. The topological polar surface area (TPSA) is 32.3 Å². The van der Waals surface area contributed by atoms with Gasteiger partial charge >= 0.3 is 0 Å². The van der Waals surface area contributed by atoms with Crippen LogP contribution < -0.4 is 5.32 Å². The fraction of sp³-hybridized carbons (Fsp3) is 0.941. The van der Waals surface area contributed by atoms with E-state index >= 15 is 0 Å². The quantitative estimate of drug-likeness (QED) is 0.839. The lowest BCUT2D eigenvalue weighted by molar-refractivity contribution is -0.125. The third-order valence-corrected chi connectivity index (χ3v) is 5.16. The van der Waals surface area contributed by atoms with Gasteiger partial charge in [0.1, 0.15) is 0 Å². The minimum absolute atomic E-state index is 0.0867. The lowest BCUT2D eigenvalue weighted by atomic mass is 9.89. The maximum Gasteiger partial charge on any atom is 0.222 e. The lowest BCUT2D eigenvalue weighted by Gasteiger charge is -2.30. The van der Waals surface area contributed by atoms with Gasteiger partial charge in [-0.15, -0.1) is 0 Å². The second-order valence-corrected chi connectivity index (χ2v) is 7.42. The maximum atomic E-state index is 12.0. The number of nitrogens with zero attached hydrogens (tertiary/aromatic N) is 1. The van der Waals surface area contributed by atoms with Gasteiger partial charge in [0.15, 0.2) is 0 Å². The minimum atomic E-state index is 0.0867. The molecule has 1 N–H and O–H groups in total. The van der Waals surface area contributed by atoms with Gasteiger partial charge < -0.3 is 10.2 Å². The molecule has 1 heterocycles. The molecule has 0 aromatic carbocycles. The van der Waals surface area contributed by atoms with Gasteiger partial charge in [-0.3, -0.25) is 4.79 Å². The summed E-state index contributed by atoms with van der Waals surface area (Å²) in [6.07, 6.45) is 6.83. The predicted molar refractivity (Wildman–Crippen MR) is 83.5 cm³/mol. The number of amides is 1. The number of rotatable bonds is 5. The van der Waals surface area contributed by atoms with E-state index in [0.717, 1.165) is 6.04 Å². The molecular weight excluding hydrogens is 248 g/mol. The van der Waals surface area contributed by atoms with Crippen molar-refractivity contribution in [1.29, 1.82) is 0 Å². The zero-order valence-corrected chi connectivity index (χ0v) is 13.7. The highest BCUT2D eigenvalue weighted by Crippen LogP contribution is 2.31. The molecule has 2 aliphatic rings. The van der Waals surface area contributed by atoms with Gasteiger partial charge in [-0.2, -0.15) is 0 Å². The molecule has 1 saturated carbocycles. The van der Waals surface area contributed by atoms with Crippen LogP contribution in [0, 0.1) is 17.8 Å². The first-order valence-electron chi connectivity index (χ1n) is 8.53. The van der Waals surface area contributed by atoms with Gasteiger partial charge in [-0.05, 0) is 37.6 Å². The molecule has 2 fully saturated rings. The summed E-state index contributed by atoms with van der Waals surface area (Å²) in [4.78, 5) is 14.7. The number of carbonyl (C=O) groups excluding carboxylic acids is 1. The van der Waals surface area contributed by atoms with Gasteiger partial charge in [0.05, 0.1) is 0 Å². The summed E-state index contributed by atoms with van der Waals surface area (Å²) in [5.74, 6) is 1.45. The van der Waals surface area contributed by atoms with Crippen LogP contribution in [0.3, 0.4) is 0 Å². The van der Waals surface area contributed by atoms with E-state index in [0.29, 0.717) is 17.9 Å². The normalized spacial score (nSPS) is 26.6. The van der Waals surface area contributed by atoms with Crippen molar-refractivity contribution in [3.63, 3.8) is 0 Å². The summed E-state index contributed by atoms with van der Waals surface area (Å²) < 4.78 is 0. The van der Waals surface area contributed by atoms with Crippen LogP contribution in [-0.2, 0) is 4.79 Å².